The van der Waals surface area contributed by atoms with Crippen LogP contribution in [0.25, 0.3) is 0 Å². The highest BCUT2D eigenvalue weighted by molar-refractivity contribution is 9.10. The van der Waals surface area contributed by atoms with E-state index in [1.54, 1.807) is 0 Å². The molecule has 1 saturated heterocycles. The lowest BCUT2D eigenvalue weighted by Gasteiger charge is -2.36. The van der Waals surface area contributed by atoms with E-state index in [2.05, 4.69) is 37.1 Å². The smallest absolute Gasteiger partial charge is 0.173 e. The molecular weight excluding hydrogens is 441 g/mol. The predicted octanol–water partition coefficient (Wildman–Crippen LogP) is 5.27. The fourth-order valence-corrected chi connectivity index (χ4v) is 3.97. The summed E-state index contributed by atoms with van der Waals surface area (Å²) in [5.74, 6) is 0. The van der Waals surface area contributed by atoms with Gasteiger partial charge in [-0.25, -0.2) is 0 Å². The molecule has 1 aliphatic rings. The average molecular weight is 459 g/mol. The summed E-state index contributed by atoms with van der Waals surface area (Å²) in [5.41, 5.74) is 1.99. The summed E-state index contributed by atoms with van der Waals surface area (Å²) in [7, 11) is 0. The van der Waals surface area contributed by atoms with Gasteiger partial charge in [0.25, 0.3) is 0 Å². The lowest BCUT2D eigenvalue weighted by Crippen LogP contribution is -2.49. The Hall–Kier alpha value is -0.850. The second-order valence-electron chi connectivity index (χ2n) is 5.91. The molecule has 0 aliphatic carbocycles. The summed E-state index contributed by atoms with van der Waals surface area (Å²) in [4.78, 5) is 4.57. The largest absolute Gasteiger partial charge is 0.346 e. The lowest BCUT2D eigenvalue weighted by molar-refractivity contribution is 0.177. The van der Waals surface area contributed by atoms with Crippen LogP contribution in [0.15, 0.2) is 46.9 Å². The highest BCUT2D eigenvalue weighted by Gasteiger charge is 2.20. The Morgan fingerprint density at radius 3 is 2.44 bits per heavy atom. The zero-order chi connectivity index (χ0) is 17.8. The van der Waals surface area contributed by atoms with Gasteiger partial charge in [-0.15, -0.1) is 0 Å². The number of benzene rings is 2. The summed E-state index contributed by atoms with van der Waals surface area (Å²) >= 11 is 21.5. The third kappa shape index (κ3) is 5.08. The van der Waals surface area contributed by atoms with E-state index in [0.717, 1.165) is 47.9 Å². The van der Waals surface area contributed by atoms with Gasteiger partial charge in [-0.05, 0) is 42.0 Å². The van der Waals surface area contributed by atoms with Gasteiger partial charge in [0, 0.05) is 42.2 Å². The molecule has 0 amide bonds. The third-order valence-corrected chi connectivity index (χ3v) is 5.72. The van der Waals surface area contributed by atoms with Gasteiger partial charge in [0.2, 0.25) is 0 Å². The molecule has 0 spiro atoms. The Kier molecular flexibility index (Phi) is 6.58. The minimum absolute atomic E-state index is 0.647. The standard InChI is InChI=1S/C18H18BrCl2N3S/c19-14-5-6-17(16(21)11-14)22-18(25)24-9-7-23(8-10-24)12-13-3-1-2-4-15(13)20/h1-6,11H,7-10,12H2,(H,22,25). The number of halogens is 3. The van der Waals surface area contributed by atoms with Crippen molar-refractivity contribution in [1.29, 1.82) is 0 Å². The number of rotatable bonds is 3. The minimum Gasteiger partial charge on any atom is -0.346 e. The maximum absolute atomic E-state index is 6.26. The van der Waals surface area contributed by atoms with Crippen molar-refractivity contribution in [1.82, 2.24) is 9.80 Å². The van der Waals surface area contributed by atoms with E-state index in [9.17, 15) is 0 Å². The first-order chi connectivity index (χ1) is 12.0. The molecule has 0 saturated carbocycles. The maximum atomic E-state index is 6.26. The Morgan fingerprint density at radius 1 is 1.04 bits per heavy atom. The van der Waals surface area contributed by atoms with Crippen molar-refractivity contribution in [3.05, 3.63) is 62.5 Å². The normalized spacial score (nSPS) is 15.2. The second-order valence-corrected chi connectivity index (χ2v) is 8.03. The van der Waals surface area contributed by atoms with Crippen LogP contribution in [0, 0.1) is 0 Å². The molecule has 1 heterocycles. The zero-order valence-corrected chi connectivity index (χ0v) is 17.4. The van der Waals surface area contributed by atoms with Crippen LogP contribution < -0.4 is 5.32 Å². The van der Waals surface area contributed by atoms with Crippen LogP contribution in [0.5, 0.6) is 0 Å². The number of nitrogens with one attached hydrogen (secondary N) is 1. The number of hydrogen-bond acceptors (Lipinski definition) is 2. The van der Waals surface area contributed by atoms with Gasteiger partial charge in [0.1, 0.15) is 0 Å². The van der Waals surface area contributed by atoms with Crippen LogP contribution in [0.1, 0.15) is 5.56 Å². The number of piperazine rings is 1. The van der Waals surface area contributed by atoms with E-state index in [4.69, 9.17) is 35.4 Å². The first kappa shape index (κ1) is 18.9. The van der Waals surface area contributed by atoms with Crippen molar-refractivity contribution in [3.8, 4) is 0 Å². The van der Waals surface area contributed by atoms with Gasteiger partial charge in [-0.3, -0.25) is 4.90 Å². The van der Waals surface area contributed by atoms with Gasteiger partial charge < -0.3 is 10.2 Å². The first-order valence-electron chi connectivity index (χ1n) is 7.99. The monoisotopic (exact) mass is 457 g/mol. The van der Waals surface area contributed by atoms with Gasteiger partial charge in [0.05, 0.1) is 10.7 Å². The summed E-state index contributed by atoms with van der Waals surface area (Å²) in [6.45, 7) is 4.52. The van der Waals surface area contributed by atoms with Crippen LogP contribution >= 0.6 is 51.3 Å². The van der Waals surface area contributed by atoms with Gasteiger partial charge in [0.15, 0.2) is 5.11 Å². The Morgan fingerprint density at radius 2 is 1.76 bits per heavy atom. The van der Waals surface area contributed by atoms with Crippen LogP contribution in [-0.4, -0.2) is 41.1 Å². The summed E-state index contributed by atoms with van der Waals surface area (Å²) in [6, 6.07) is 13.7. The molecule has 7 heteroatoms. The van der Waals surface area contributed by atoms with Crippen molar-refractivity contribution in [2.45, 2.75) is 6.54 Å². The zero-order valence-electron chi connectivity index (χ0n) is 13.5. The van der Waals surface area contributed by atoms with Gasteiger partial charge in [-0.2, -0.15) is 0 Å². The molecule has 0 radical (unpaired) electrons. The summed E-state index contributed by atoms with van der Waals surface area (Å²) < 4.78 is 0.946. The topological polar surface area (TPSA) is 18.5 Å². The molecule has 1 aliphatic heterocycles. The van der Waals surface area contributed by atoms with Crippen molar-refractivity contribution < 1.29 is 0 Å². The molecular formula is C18H18BrCl2N3S. The molecule has 2 aromatic rings. The highest BCUT2D eigenvalue weighted by atomic mass is 79.9. The first-order valence-corrected chi connectivity index (χ1v) is 9.95. The number of nitrogens with zero attached hydrogens (tertiary/aromatic N) is 2. The van der Waals surface area contributed by atoms with E-state index in [-0.39, 0.29) is 0 Å². The van der Waals surface area contributed by atoms with E-state index in [0.29, 0.717) is 10.1 Å². The molecule has 3 nitrogen and oxygen atoms in total. The molecule has 1 fully saturated rings. The number of anilines is 1. The van der Waals surface area contributed by atoms with Crippen LogP contribution in [0.2, 0.25) is 10.0 Å². The molecule has 25 heavy (non-hydrogen) atoms. The predicted molar refractivity (Wildman–Crippen MR) is 114 cm³/mol. The van der Waals surface area contributed by atoms with Crippen molar-refractivity contribution in [3.63, 3.8) is 0 Å². The van der Waals surface area contributed by atoms with Crippen LogP contribution in [0.3, 0.4) is 0 Å². The fourth-order valence-electron chi connectivity index (χ4n) is 2.76. The molecule has 132 valence electrons. The van der Waals surface area contributed by atoms with Crippen molar-refractivity contribution in [2.75, 3.05) is 31.5 Å². The van der Waals surface area contributed by atoms with E-state index in [1.807, 2.05) is 36.4 Å². The average Bonchev–Trinajstić information content (AvgIpc) is 2.60. The van der Waals surface area contributed by atoms with Crippen LogP contribution in [-0.2, 0) is 6.54 Å². The fraction of sp³-hybridized carbons (Fsp3) is 0.278. The molecule has 0 aromatic heterocycles. The molecule has 3 rings (SSSR count). The van der Waals surface area contributed by atoms with Crippen LogP contribution in [0.4, 0.5) is 5.69 Å². The van der Waals surface area contributed by atoms with E-state index >= 15 is 0 Å². The molecule has 0 bridgehead atoms. The maximum Gasteiger partial charge on any atom is 0.173 e. The number of thiocarbonyl (C=S) groups is 1. The molecule has 0 unspecified atom stereocenters. The summed E-state index contributed by atoms with van der Waals surface area (Å²) in [5, 5.41) is 5.43. The highest BCUT2D eigenvalue weighted by Crippen LogP contribution is 2.26. The van der Waals surface area contributed by atoms with E-state index in [1.165, 1.54) is 5.56 Å². The second kappa shape index (κ2) is 8.69. The third-order valence-electron chi connectivity index (χ3n) is 4.18. The van der Waals surface area contributed by atoms with E-state index < -0.39 is 0 Å². The SMILES string of the molecule is S=C(Nc1ccc(Br)cc1Cl)N1CCN(Cc2ccccc2Cl)CC1. The Bertz CT molecular complexity index is 764. The molecule has 1 N–H and O–H groups in total. The van der Waals surface area contributed by atoms with Crippen molar-refractivity contribution in [2.24, 2.45) is 0 Å². The quantitative estimate of drug-likeness (QED) is 0.631. The Balaban J connectivity index is 1.53. The summed E-state index contributed by atoms with van der Waals surface area (Å²) in [6.07, 6.45) is 0. The Labute approximate surface area is 172 Å². The van der Waals surface area contributed by atoms with Gasteiger partial charge in [-0.1, -0.05) is 57.3 Å². The lowest BCUT2D eigenvalue weighted by atomic mass is 10.2. The number of hydrogen-bond donors (Lipinski definition) is 1. The molecule has 0 atom stereocenters. The minimum atomic E-state index is 0.647. The van der Waals surface area contributed by atoms with Gasteiger partial charge >= 0.3 is 0 Å². The van der Waals surface area contributed by atoms with Crippen molar-refractivity contribution >= 4 is 62.1 Å². The molecule has 2 aromatic carbocycles.